The van der Waals surface area contributed by atoms with Gasteiger partial charge in [0.2, 0.25) is 0 Å². The topological polar surface area (TPSA) is 33.1 Å². The molecule has 0 spiro atoms. The standard InChI is InChI=1S/C11H15NO/c1-2-8-4-3-5-9-11(8)10(13)6-7-12-9/h6-8H,2-5H2,1H3,(H,12,13). The second-order valence-electron chi connectivity index (χ2n) is 3.69. The van der Waals surface area contributed by atoms with Crippen LogP contribution in [0.4, 0.5) is 0 Å². The summed E-state index contributed by atoms with van der Waals surface area (Å²) in [5, 5.41) is 9.72. The minimum atomic E-state index is 0.441. The van der Waals surface area contributed by atoms with Gasteiger partial charge in [0.15, 0.2) is 0 Å². The molecule has 0 amide bonds. The van der Waals surface area contributed by atoms with Gasteiger partial charge in [0.1, 0.15) is 5.75 Å². The summed E-state index contributed by atoms with van der Waals surface area (Å²) in [6.45, 7) is 2.17. The second kappa shape index (κ2) is 3.36. The summed E-state index contributed by atoms with van der Waals surface area (Å²) in [6, 6.07) is 1.70. The summed E-state index contributed by atoms with van der Waals surface area (Å²) in [7, 11) is 0. The van der Waals surface area contributed by atoms with E-state index in [1.807, 2.05) is 0 Å². The van der Waals surface area contributed by atoms with Gasteiger partial charge >= 0.3 is 0 Å². The first-order valence-electron chi connectivity index (χ1n) is 4.99. The normalized spacial score (nSPS) is 21.2. The lowest BCUT2D eigenvalue weighted by Gasteiger charge is -2.24. The monoisotopic (exact) mass is 177 g/mol. The number of pyridine rings is 1. The third-order valence-corrected chi connectivity index (χ3v) is 2.92. The molecule has 1 aromatic rings. The van der Waals surface area contributed by atoms with Crippen LogP contribution in [0, 0.1) is 0 Å². The molecule has 0 saturated heterocycles. The van der Waals surface area contributed by atoms with E-state index in [9.17, 15) is 5.11 Å². The Balaban J connectivity index is 2.47. The molecule has 1 heterocycles. The molecule has 0 fully saturated rings. The molecule has 70 valence electrons. The fourth-order valence-electron chi connectivity index (χ4n) is 2.22. The SMILES string of the molecule is CCC1CCCc2nccc(O)c21. The van der Waals surface area contributed by atoms with Crippen LogP contribution < -0.4 is 0 Å². The van der Waals surface area contributed by atoms with E-state index in [0.717, 1.165) is 24.1 Å². The van der Waals surface area contributed by atoms with Crippen LogP contribution in [0.1, 0.15) is 43.4 Å². The number of rotatable bonds is 1. The maximum Gasteiger partial charge on any atom is 0.122 e. The molecule has 1 aromatic heterocycles. The molecular weight excluding hydrogens is 162 g/mol. The Morgan fingerprint density at radius 3 is 3.23 bits per heavy atom. The molecule has 2 heteroatoms. The number of nitrogens with zero attached hydrogens (tertiary/aromatic N) is 1. The summed E-state index contributed by atoms with van der Waals surface area (Å²) in [5.41, 5.74) is 2.22. The van der Waals surface area contributed by atoms with Crippen LogP contribution in [0.25, 0.3) is 0 Å². The fourth-order valence-corrected chi connectivity index (χ4v) is 2.22. The van der Waals surface area contributed by atoms with Crippen molar-refractivity contribution < 1.29 is 5.11 Å². The van der Waals surface area contributed by atoms with Gasteiger partial charge < -0.3 is 5.11 Å². The van der Waals surface area contributed by atoms with Crippen molar-refractivity contribution in [2.45, 2.75) is 38.5 Å². The number of aryl methyl sites for hydroxylation is 1. The van der Waals surface area contributed by atoms with Crippen LogP contribution in [0.3, 0.4) is 0 Å². The zero-order chi connectivity index (χ0) is 9.26. The first-order valence-corrected chi connectivity index (χ1v) is 4.99. The van der Waals surface area contributed by atoms with Crippen LogP contribution in [0.2, 0.25) is 0 Å². The second-order valence-corrected chi connectivity index (χ2v) is 3.69. The molecule has 2 rings (SSSR count). The number of fused-ring (bicyclic) bond motifs is 1. The van der Waals surface area contributed by atoms with Crippen molar-refractivity contribution in [3.8, 4) is 5.75 Å². The molecule has 0 radical (unpaired) electrons. The number of hydrogen-bond acceptors (Lipinski definition) is 2. The Bertz CT molecular complexity index is 309. The third-order valence-electron chi connectivity index (χ3n) is 2.92. The van der Waals surface area contributed by atoms with E-state index in [2.05, 4.69) is 11.9 Å². The third kappa shape index (κ3) is 1.41. The van der Waals surface area contributed by atoms with Crippen LogP contribution >= 0.6 is 0 Å². The minimum absolute atomic E-state index is 0.441. The maximum atomic E-state index is 9.72. The highest BCUT2D eigenvalue weighted by Crippen LogP contribution is 2.37. The Labute approximate surface area is 78.6 Å². The Morgan fingerprint density at radius 2 is 2.46 bits per heavy atom. The molecule has 1 aliphatic carbocycles. The molecule has 1 unspecified atom stereocenters. The van der Waals surface area contributed by atoms with Crippen molar-refractivity contribution in [1.29, 1.82) is 0 Å². The number of aromatic hydroxyl groups is 1. The van der Waals surface area contributed by atoms with E-state index in [1.165, 1.54) is 12.8 Å². The van der Waals surface area contributed by atoms with E-state index >= 15 is 0 Å². The van der Waals surface area contributed by atoms with Crippen molar-refractivity contribution in [3.63, 3.8) is 0 Å². The van der Waals surface area contributed by atoms with Crippen LogP contribution in [0.5, 0.6) is 5.75 Å². The lowest BCUT2D eigenvalue weighted by atomic mass is 9.83. The van der Waals surface area contributed by atoms with Crippen LogP contribution in [0.15, 0.2) is 12.3 Å². The lowest BCUT2D eigenvalue weighted by molar-refractivity contribution is 0.438. The van der Waals surface area contributed by atoms with E-state index in [0.29, 0.717) is 11.7 Å². The average molecular weight is 177 g/mol. The molecular formula is C11H15NO. The predicted octanol–water partition coefficient (Wildman–Crippen LogP) is 2.62. The predicted molar refractivity (Wildman–Crippen MR) is 51.9 cm³/mol. The molecule has 0 bridgehead atoms. The van der Waals surface area contributed by atoms with E-state index in [1.54, 1.807) is 12.3 Å². The maximum absolute atomic E-state index is 9.72. The van der Waals surface area contributed by atoms with Crippen molar-refractivity contribution in [1.82, 2.24) is 4.98 Å². The number of aromatic nitrogens is 1. The minimum Gasteiger partial charge on any atom is -0.508 e. The smallest absolute Gasteiger partial charge is 0.122 e. The molecule has 1 aliphatic rings. The van der Waals surface area contributed by atoms with Gasteiger partial charge in [0.25, 0.3) is 0 Å². The molecule has 0 aliphatic heterocycles. The van der Waals surface area contributed by atoms with Crippen LogP contribution in [-0.4, -0.2) is 10.1 Å². The van der Waals surface area contributed by atoms with Crippen molar-refractivity contribution >= 4 is 0 Å². The molecule has 13 heavy (non-hydrogen) atoms. The summed E-state index contributed by atoms with van der Waals surface area (Å²) < 4.78 is 0. The molecule has 0 saturated carbocycles. The Morgan fingerprint density at radius 1 is 1.62 bits per heavy atom. The Kier molecular flexibility index (Phi) is 2.21. The highest BCUT2D eigenvalue weighted by atomic mass is 16.3. The molecule has 0 aromatic carbocycles. The summed E-state index contributed by atoms with van der Waals surface area (Å²) in [6.07, 6.45) is 6.24. The van der Waals surface area contributed by atoms with Crippen molar-refractivity contribution in [3.05, 3.63) is 23.5 Å². The zero-order valence-corrected chi connectivity index (χ0v) is 7.95. The van der Waals surface area contributed by atoms with Crippen LogP contribution in [-0.2, 0) is 6.42 Å². The van der Waals surface area contributed by atoms with E-state index in [-0.39, 0.29) is 0 Å². The quantitative estimate of drug-likeness (QED) is 0.715. The van der Waals surface area contributed by atoms with Gasteiger partial charge in [-0.2, -0.15) is 0 Å². The highest BCUT2D eigenvalue weighted by Gasteiger charge is 2.22. The van der Waals surface area contributed by atoms with Gasteiger partial charge in [-0.25, -0.2) is 0 Å². The van der Waals surface area contributed by atoms with E-state index < -0.39 is 0 Å². The van der Waals surface area contributed by atoms with Gasteiger partial charge in [0, 0.05) is 17.5 Å². The number of hydrogen-bond donors (Lipinski definition) is 1. The van der Waals surface area contributed by atoms with Gasteiger partial charge in [-0.1, -0.05) is 6.92 Å². The lowest BCUT2D eigenvalue weighted by Crippen LogP contribution is -2.10. The van der Waals surface area contributed by atoms with Gasteiger partial charge in [-0.3, -0.25) is 4.98 Å². The average Bonchev–Trinajstić information content (AvgIpc) is 2.17. The Hall–Kier alpha value is -1.05. The van der Waals surface area contributed by atoms with Crippen molar-refractivity contribution in [2.75, 3.05) is 0 Å². The van der Waals surface area contributed by atoms with Gasteiger partial charge in [-0.15, -0.1) is 0 Å². The highest BCUT2D eigenvalue weighted by molar-refractivity contribution is 5.39. The van der Waals surface area contributed by atoms with Crippen molar-refractivity contribution in [2.24, 2.45) is 0 Å². The largest absolute Gasteiger partial charge is 0.508 e. The zero-order valence-electron chi connectivity index (χ0n) is 7.95. The summed E-state index contributed by atoms with van der Waals surface area (Å²) >= 11 is 0. The first kappa shape index (κ1) is 8.54. The molecule has 1 N–H and O–H groups in total. The van der Waals surface area contributed by atoms with Gasteiger partial charge in [0.05, 0.1) is 0 Å². The summed E-state index contributed by atoms with van der Waals surface area (Å²) in [4.78, 5) is 4.32. The fraction of sp³-hybridized carbons (Fsp3) is 0.545. The van der Waals surface area contributed by atoms with Gasteiger partial charge in [-0.05, 0) is 37.7 Å². The summed E-state index contributed by atoms with van der Waals surface area (Å²) in [5.74, 6) is 0.967. The first-order chi connectivity index (χ1) is 6.33. The van der Waals surface area contributed by atoms with E-state index in [4.69, 9.17) is 0 Å². The molecule has 1 atom stereocenters. The molecule has 2 nitrogen and oxygen atoms in total.